The lowest BCUT2D eigenvalue weighted by atomic mass is 10.2. The van der Waals surface area contributed by atoms with Gasteiger partial charge in [-0.05, 0) is 19.2 Å². The smallest absolute Gasteiger partial charge is 0.0813 e. The maximum Gasteiger partial charge on any atom is 0.0813 e. The van der Waals surface area contributed by atoms with Gasteiger partial charge in [0.1, 0.15) is 0 Å². The highest BCUT2D eigenvalue weighted by Gasteiger charge is 2.25. The van der Waals surface area contributed by atoms with Crippen LogP contribution in [-0.2, 0) is 19.6 Å². The molecule has 1 aromatic carbocycles. The molecule has 4 heteroatoms. The lowest BCUT2D eigenvalue weighted by Gasteiger charge is -2.09. The summed E-state index contributed by atoms with van der Waals surface area (Å²) in [6.07, 6.45) is 0. The van der Waals surface area contributed by atoms with Gasteiger partial charge in [0.25, 0.3) is 0 Å². The predicted octanol–water partition coefficient (Wildman–Crippen LogP) is 1.28. The number of aromatic nitrogens is 2. The number of rotatable bonds is 2. The molecule has 17 heavy (non-hydrogen) atoms. The molecule has 0 amide bonds. The lowest BCUT2D eigenvalue weighted by Crippen LogP contribution is -2.13. The highest BCUT2D eigenvalue weighted by atomic mass is 15.3. The van der Waals surface area contributed by atoms with Gasteiger partial charge in [0.05, 0.1) is 17.1 Å². The number of fused-ring (bicyclic) bond motifs is 1. The first-order valence-corrected chi connectivity index (χ1v) is 5.83. The molecule has 0 atom stereocenters. The van der Waals surface area contributed by atoms with Crippen LogP contribution in [0.25, 0.3) is 5.69 Å². The molecular formula is C13H16N4. The van der Waals surface area contributed by atoms with Crippen LogP contribution < -0.4 is 5.73 Å². The number of benzene rings is 1. The van der Waals surface area contributed by atoms with Gasteiger partial charge in [-0.15, -0.1) is 0 Å². The number of hydrogen-bond donors (Lipinski definition) is 1. The third-order valence-corrected chi connectivity index (χ3v) is 3.21. The molecule has 0 unspecified atom stereocenters. The van der Waals surface area contributed by atoms with Crippen LogP contribution in [0.15, 0.2) is 30.3 Å². The van der Waals surface area contributed by atoms with Gasteiger partial charge in [-0.2, -0.15) is 5.10 Å². The van der Waals surface area contributed by atoms with Crippen LogP contribution in [-0.4, -0.2) is 21.7 Å². The molecule has 2 N–H and O–H groups in total. The van der Waals surface area contributed by atoms with E-state index in [1.54, 1.807) is 0 Å². The summed E-state index contributed by atoms with van der Waals surface area (Å²) < 4.78 is 2.03. The first-order chi connectivity index (χ1) is 8.29. The quantitative estimate of drug-likeness (QED) is 0.842. The van der Waals surface area contributed by atoms with E-state index in [2.05, 4.69) is 29.2 Å². The molecule has 3 rings (SSSR count). The molecular weight excluding hydrogens is 212 g/mol. The van der Waals surface area contributed by atoms with Crippen LogP contribution in [0, 0.1) is 0 Å². The fourth-order valence-corrected chi connectivity index (χ4v) is 2.41. The Morgan fingerprint density at radius 1 is 1.24 bits per heavy atom. The molecule has 2 aromatic rings. The Morgan fingerprint density at radius 3 is 2.71 bits per heavy atom. The zero-order valence-corrected chi connectivity index (χ0v) is 9.93. The van der Waals surface area contributed by atoms with Crippen LogP contribution in [0.4, 0.5) is 0 Å². The second kappa shape index (κ2) is 3.98. The maximum atomic E-state index is 5.77. The molecule has 1 aliphatic heterocycles. The van der Waals surface area contributed by atoms with Crippen molar-refractivity contribution in [1.82, 2.24) is 14.7 Å². The Labute approximate surface area is 101 Å². The first-order valence-electron chi connectivity index (χ1n) is 5.83. The highest BCUT2D eigenvalue weighted by molar-refractivity contribution is 5.39. The van der Waals surface area contributed by atoms with Gasteiger partial charge in [-0.1, -0.05) is 18.2 Å². The van der Waals surface area contributed by atoms with Gasteiger partial charge in [0.2, 0.25) is 0 Å². The van der Waals surface area contributed by atoms with Gasteiger partial charge < -0.3 is 5.73 Å². The van der Waals surface area contributed by atoms with Crippen molar-refractivity contribution in [2.75, 3.05) is 7.05 Å². The van der Waals surface area contributed by atoms with Crippen molar-refractivity contribution >= 4 is 0 Å². The Bertz CT molecular complexity index is 530. The van der Waals surface area contributed by atoms with Crippen molar-refractivity contribution in [3.63, 3.8) is 0 Å². The molecule has 4 nitrogen and oxygen atoms in total. The van der Waals surface area contributed by atoms with E-state index in [9.17, 15) is 0 Å². The molecule has 0 aliphatic carbocycles. The molecule has 1 aromatic heterocycles. The molecule has 0 saturated carbocycles. The van der Waals surface area contributed by atoms with Crippen LogP contribution in [0.1, 0.15) is 17.0 Å². The van der Waals surface area contributed by atoms with Crippen LogP contribution in [0.2, 0.25) is 0 Å². The average molecular weight is 228 g/mol. The molecule has 0 saturated heterocycles. The molecule has 0 spiro atoms. The van der Waals surface area contributed by atoms with Crippen LogP contribution >= 0.6 is 0 Å². The highest BCUT2D eigenvalue weighted by Crippen LogP contribution is 2.26. The van der Waals surface area contributed by atoms with Gasteiger partial charge in [-0.25, -0.2) is 4.68 Å². The normalized spacial score (nSPS) is 15.2. The SMILES string of the molecule is CN1Cc2c(CN)nn(-c3ccccc3)c2C1. The van der Waals surface area contributed by atoms with E-state index in [-0.39, 0.29) is 0 Å². The molecule has 1 aliphatic rings. The van der Waals surface area contributed by atoms with Crippen molar-refractivity contribution in [2.45, 2.75) is 19.6 Å². The van der Waals surface area contributed by atoms with Crippen LogP contribution in [0.3, 0.4) is 0 Å². The fourth-order valence-electron chi connectivity index (χ4n) is 2.41. The van der Waals surface area contributed by atoms with E-state index in [1.807, 2.05) is 22.9 Å². The summed E-state index contributed by atoms with van der Waals surface area (Å²) >= 11 is 0. The Balaban J connectivity index is 2.13. The third kappa shape index (κ3) is 1.66. The minimum absolute atomic E-state index is 0.510. The van der Waals surface area contributed by atoms with E-state index in [4.69, 9.17) is 5.73 Å². The van der Waals surface area contributed by atoms with Crippen molar-refractivity contribution in [3.8, 4) is 5.69 Å². The molecule has 0 bridgehead atoms. The van der Waals surface area contributed by atoms with E-state index in [0.717, 1.165) is 24.5 Å². The monoisotopic (exact) mass is 228 g/mol. The number of hydrogen-bond acceptors (Lipinski definition) is 3. The Morgan fingerprint density at radius 2 is 2.00 bits per heavy atom. The van der Waals surface area contributed by atoms with Gasteiger partial charge in [0.15, 0.2) is 0 Å². The summed E-state index contributed by atoms with van der Waals surface area (Å²) in [6, 6.07) is 10.2. The summed E-state index contributed by atoms with van der Waals surface area (Å²) in [7, 11) is 2.12. The average Bonchev–Trinajstić information content (AvgIpc) is 2.87. The molecule has 88 valence electrons. The van der Waals surface area contributed by atoms with E-state index in [1.165, 1.54) is 11.3 Å². The zero-order chi connectivity index (χ0) is 11.8. The topological polar surface area (TPSA) is 47.1 Å². The minimum Gasteiger partial charge on any atom is -0.325 e. The van der Waals surface area contributed by atoms with Crippen molar-refractivity contribution in [1.29, 1.82) is 0 Å². The molecule has 0 fully saturated rings. The van der Waals surface area contributed by atoms with Gasteiger partial charge in [-0.3, -0.25) is 4.90 Å². The summed E-state index contributed by atoms with van der Waals surface area (Å²) in [5.74, 6) is 0. The van der Waals surface area contributed by atoms with E-state index >= 15 is 0 Å². The van der Waals surface area contributed by atoms with Gasteiger partial charge in [0, 0.05) is 25.2 Å². The van der Waals surface area contributed by atoms with Gasteiger partial charge >= 0.3 is 0 Å². The Kier molecular flexibility index (Phi) is 2.46. The van der Waals surface area contributed by atoms with Crippen molar-refractivity contribution < 1.29 is 0 Å². The zero-order valence-electron chi connectivity index (χ0n) is 9.93. The second-order valence-electron chi connectivity index (χ2n) is 4.50. The van der Waals surface area contributed by atoms with Crippen molar-refractivity contribution in [3.05, 3.63) is 47.3 Å². The first kappa shape index (κ1) is 10.5. The number of nitrogens with two attached hydrogens (primary N) is 1. The predicted molar refractivity (Wildman–Crippen MR) is 66.6 cm³/mol. The number of para-hydroxylation sites is 1. The fraction of sp³-hybridized carbons (Fsp3) is 0.308. The molecule has 2 heterocycles. The number of nitrogens with zero attached hydrogens (tertiary/aromatic N) is 3. The maximum absolute atomic E-state index is 5.77. The second-order valence-corrected chi connectivity index (χ2v) is 4.50. The molecule has 0 radical (unpaired) electrons. The van der Waals surface area contributed by atoms with E-state index < -0.39 is 0 Å². The van der Waals surface area contributed by atoms with E-state index in [0.29, 0.717) is 6.54 Å². The largest absolute Gasteiger partial charge is 0.325 e. The summed E-state index contributed by atoms with van der Waals surface area (Å²) in [6.45, 7) is 2.40. The van der Waals surface area contributed by atoms with Crippen molar-refractivity contribution in [2.24, 2.45) is 5.73 Å². The lowest BCUT2D eigenvalue weighted by molar-refractivity contribution is 0.345. The summed E-state index contributed by atoms with van der Waals surface area (Å²) in [4.78, 5) is 2.28. The summed E-state index contributed by atoms with van der Waals surface area (Å²) in [5.41, 5.74) is 10.5. The Hall–Kier alpha value is -1.65. The standard InChI is InChI=1S/C13H16N4/c1-16-8-11-12(7-14)15-17(13(11)9-16)10-5-3-2-4-6-10/h2-6H,7-9,14H2,1H3. The third-order valence-electron chi connectivity index (χ3n) is 3.21. The minimum atomic E-state index is 0.510. The van der Waals surface area contributed by atoms with Crippen LogP contribution in [0.5, 0.6) is 0 Å². The summed E-state index contributed by atoms with van der Waals surface area (Å²) in [5, 5.41) is 4.62.